The van der Waals surface area contributed by atoms with Crippen molar-refractivity contribution in [3.63, 3.8) is 0 Å². The van der Waals surface area contributed by atoms with Crippen molar-refractivity contribution < 1.29 is 0 Å². The molecule has 20 heavy (non-hydrogen) atoms. The van der Waals surface area contributed by atoms with Gasteiger partial charge in [0, 0.05) is 24.0 Å². The number of piperidine rings is 1. The molecule has 1 aromatic heterocycles. The molecule has 3 rings (SSSR count). The molecule has 1 aromatic carbocycles. The van der Waals surface area contributed by atoms with Gasteiger partial charge in [-0.3, -0.25) is 0 Å². The van der Waals surface area contributed by atoms with E-state index in [1.54, 1.807) is 11.8 Å². The van der Waals surface area contributed by atoms with Gasteiger partial charge in [0.2, 0.25) is 0 Å². The average molecular weight is 285 g/mol. The van der Waals surface area contributed by atoms with E-state index in [0.717, 1.165) is 36.8 Å². The summed E-state index contributed by atoms with van der Waals surface area (Å²) in [6, 6.07) is 17.0. The third kappa shape index (κ3) is 3.32. The van der Waals surface area contributed by atoms with E-state index in [0.29, 0.717) is 6.04 Å². The first-order valence-electron chi connectivity index (χ1n) is 7.02. The second kappa shape index (κ2) is 6.29. The number of rotatable bonds is 3. The summed E-state index contributed by atoms with van der Waals surface area (Å²) in [5, 5.41) is 1.04. The van der Waals surface area contributed by atoms with Crippen LogP contribution in [0.4, 0.5) is 5.82 Å². The Morgan fingerprint density at radius 2 is 1.75 bits per heavy atom. The van der Waals surface area contributed by atoms with Crippen LogP contribution in [0, 0.1) is 0 Å². The molecule has 2 N–H and O–H groups in total. The number of nitrogens with zero attached hydrogens (tertiary/aromatic N) is 2. The van der Waals surface area contributed by atoms with Gasteiger partial charge < -0.3 is 10.6 Å². The summed E-state index contributed by atoms with van der Waals surface area (Å²) in [6.07, 6.45) is 2.11. The van der Waals surface area contributed by atoms with Gasteiger partial charge in [-0.2, -0.15) is 0 Å². The molecule has 1 aliphatic rings. The van der Waals surface area contributed by atoms with Crippen LogP contribution in [0.1, 0.15) is 12.8 Å². The molecule has 0 saturated carbocycles. The molecule has 1 aliphatic heterocycles. The fourth-order valence-electron chi connectivity index (χ4n) is 2.37. The van der Waals surface area contributed by atoms with Crippen LogP contribution in [0.15, 0.2) is 58.5 Å². The predicted molar refractivity (Wildman–Crippen MR) is 84.2 cm³/mol. The molecule has 104 valence electrons. The highest BCUT2D eigenvalue weighted by Gasteiger charge is 2.17. The summed E-state index contributed by atoms with van der Waals surface area (Å²) in [5.74, 6) is 1.07. The maximum atomic E-state index is 5.96. The number of anilines is 1. The van der Waals surface area contributed by atoms with Gasteiger partial charge in [-0.05, 0) is 37.1 Å². The fourth-order valence-corrected chi connectivity index (χ4v) is 3.20. The van der Waals surface area contributed by atoms with Crippen molar-refractivity contribution in [2.75, 3.05) is 18.0 Å². The molecular formula is C16H19N3S. The van der Waals surface area contributed by atoms with E-state index in [4.69, 9.17) is 10.7 Å². The van der Waals surface area contributed by atoms with Crippen LogP contribution in [-0.4, -0.2) is 24.1 Å². The van der Waals surface area contributed by atoms with Crippen LogP contribution in [-0.2, 0) is 0 Å². The molecule has 0 aliphatic carbocycles. The first kappa shape index (κ1) is 13.5. The standard InChI is InChI=1S/C16H19N3S/c17-13-9-11-19(12-10-13)15-7-4-8-16(18-15)20-14-5-2-1-3-6-14/h1-8,13H,9-12,17H2. The summed E-state index contributed by atoms with van der Waals surface area (Å²) in [6.45, 7) is 2.02. The number of hydrogen-bond acceptors (Lipinski definition) is 4. The van der Waals surface area contributed by atoms with E-state index >= 15 is 0 Å². The number of aromatic nitrogens is 1. The van der Waals surface area contributed by atoms with Crippen molar-refractivity contribution in [3.05, 3.63) is 48.5 Å². The SMILES string of the molecule is NC1CCN(c2cccc(Sc3ccccc3)n2)CC1. The summed E-state index contributed by atoms with van der Waals surface area (Å²) >= 11 is 1.70. The lowest BCUT2D eigenvalue weighted by molar-refractivity contribution is 0.498. The molecule has 3 nitrogen and oxygen atoms in total. The smallest absolute Gasteiger partial charge is 0.129 e. The first-order chi connectivity index (χ1) is 9.81. The van der Waals surface area contributed by atoms with Crippen LogP contribution in [0.5, 0.6) is 0 Å². The predicted octanol–water partition coefficient (Wildman–Crippen LogP) is 3.16. The van der Waals surface area contributed by atoms with Crippen LogP contribution in [0.25, 0.3) is 0 Å². The third-order valence-electron chi connectivity index (χ3n) is 3.54. The summed E-state index contributed by atoms with van der Waals surface area (Å²) in [7, 11) is 0. The highest BCUT2D eigenvalue weighted by molar-refractivity contribution is 7.99. The zero-order valence-corrected chi connectivity index (χ0v) is 12.2. The number of benzene rings is 1. The second-order valence-electron chi connectivity index (χ2n) is 5.07. The van der Waals surface area contributed by atoms with Crippen molar-refractivity contribution in [1.29, 1.82) is 0 Å². The Morgan fingerprint density at radius 3 is 2.50 bits per heavy atom. The van der Waals surface area contributed by atoms with Crippen molar-refractivity contribution in [2.45, 2.75) is 28.8 Å². The van der Waals surface area contributed by atoms with E-state index in [9.17, 15) is 0 Å². The van der Waals surface area contributed by atoms with Gasteiger partial charge >= 0.3 is 0 Å². The van der Waals surface area contributed by atoms with E-state index in [1.165, 1.54) is 4.90 Å². The van der Waals surface area contributed by atoms with Crippen molar-refractivity contribution in [2.24, 2.45) is 5.73 Å². The zero-order valence-electron chi connectivity index (χ0n) is 11.4. The van der Waals surface area contributed by atoms with E-state index < -0.39 is 0 Å². The molecule has 0 unspecified atom stereocenters. The Morgan fingerprint density at radius 1 is 1.00 bits per heavy atom. The van der Waals surface area contributed by atoms with Gasteiger partial charge in [0.25, 0.3) is 0 Å². The Bertz CT molecular complexity index is 551. The largest absolute Gasteiger partial charge is 0.356 e. The van der Waals surface area contributed by atoms with Gasteiger partial charge in [0.15, 0.2) is 0 Å². The minimum Gasteiger partial charge on any atom is -0.356 e. The van der Waals surface area contributed by atoms with Crippen molar-refractivity contribution >= 4 is 17.6 Å². The molecule has 0 bridgehead atoms. The molecule has 1 fully saturated rings. The maximum absolute atomic E-state index is 5.96. The van der Waals surface area contributed by atoms with Crippen LogP contribution in [0.2, 0.25) is 0 Å². The molecule has 0 spiro atoms. The quantitative estimate of drug-likeness (QED) is 0.940. The number of pyridine rings is 1. The van der Waals surface area contributed by atoms with Crippen molar-refractivity contribution in [3.8, 4) is 0 Å². The van der Waals surface area contributed by atoms with Crippen LogP contribution in [0.3, 0.4) is 0 Å². The summed E-state index contributed by atoms with van der Waals surface area (Å²) in [5.41, 5.74) is 5.96. The van der Waals surface area contributed by atoms with Crippen LogP contribution < -0.4 is 10.6 Å². The first-order valence-corrected chi connectivity index (χ1v) is 7.83. The van der Waals surface area contributed by atoms with Crippen LogP contribution >= 0.6 is 11.8 Å². The van der Waals surface area contributed by atoms with Gasteiger partial charge in [-0.15, -0.1) is 0 Å². The molecule has 2 aromatic rings. The molecule has 0 atom stereocenters. The van der Waals surface area contributed by atoms with Gasteiger partial charge in [0.1, 0.15) is 10.8 Å². The fraction of sp³-hybridized carbons (Fsp3) is 0.312. The lowest BCUT2D eigenvalue weighted by Gasteiger charge is -2.31. The van der Waals surface area contributed by atoms with Crippen molar-refractivity contribution in [1.82, 2.24) is 4.98 Å². The van der Waals surface area contributed by atoms with E-state index in [2.05, 4.69) is 47.4 Å². The molecule has 0 radical (unpaired) electrons. The normalized spacial score (nSPS) is 16.4. The van der Waals surface area contributed by atoms with Gasteiger partial charge in [-0.25, -0.2) is 4.98 Å². The monoisotopic (exact) mass is 285 g/mol. The Hall–Kier alpha value is -1.52. The average Bonchev–Trinajstić information content (AvgIpc) is 2.49. The lowest BCUT2D eigenvalue weighted by Crippen LogP contribution is -2.40. The Kier molecular flexibility index (Phi) is 4.23. The molecule has 2 heterocycles. The zero-order chi connectivity index (χ0) is 13.8. The maximum Gasteiger partial charge on any atom is 0.129 e. The molecular weight excluding hydrogens is 266 g/mol. The highest BCUT2D eigenvalue weighted by atomic mass is 32.2. The minimum absolute atomic E-state index is 0.355. The minimum atomic E-state index is 0.355. The highest BCUT2D eigenvalue weighted by Crippen LogP contribution is 2.27. The third-order valence-corrected chi connectivity index (χ3v) is 4.48. The Labute approximate surface area is 124 Å². The summed E-state index contributed by atoms with van der Waals surface area (Å²) in [4.78, 5) is 8.32. The molecule has 1 saturated heterocycles. The van der Waals surface area contributed by atoms with Gasteiger partial charge in [0.05, 0.1) is 0 Å². The topological polar surface area (TPSA) is 42.1 Å². The number of nitrogens with two attached hydrogens (primary N) is 1. The van der Waals surface area contributed by atoms with Gasteiger partial charge in [-0.1, -0.05) is 36.0 Å². The molecule has 0 amide bonds. The number of hydrogen-bond donors (Lipinski definition) is 1. The Balaban J connectivity index is 1.73. The summed E-state index contributed by atoms with van der Waals surface area (Å²) < 4.78 is 0. The van der Waals surface area contributed by atoms with E-state index in [1.807, 2.05) is 6.07 Å². The lowest BCUT2D eigenvalue weighted by atomic mass is 10.1. The second-order valence-corrected chi connectivity index (χ2v) is 6.17. The van der Waals surface area contributed by atoms with E-state index in [-0.39, 0.29) is 0 Å². The molecule has 4 heteroatoms.